The Bertz CT molecular complexity index is 373. The quantitative estimate of drug-likeness (QED) is 0.874. The van der Waals surface area contributed by atoms with Gasteiger partial charge in [0.2, 0.25) is 0 Å². The van der Waals surface area contributed by atoms with Gasteiger partial charge in [0, 0.05) is 19.3 Å². The molecule has 1 aromatic heterocycles. The van der Waals surface area contributed by atoms with Crippen LogP contribution < -0.4 is 5.32 Å². The zero-order chi connectivity index (χ0) is 13.0. The Morgan fingerprint density at radius 2 is 2.39 bits per heavy atom. The third kappa shape index (κ3) is 3.73. The Kier molecular flexibility index (Phi) is 4.27. The van der Waals surface area contributed by atoms with Crippen LogP contribution in [-0.4, -0.2) is 29.5 Å². The largest absolute Gasteiger partial charge is 0.383 e. The summed E-state index contributed by atoms with van der Waals surface area (Å²) in [7, 11) is 1.72. The first-order valence-electron chi connectivity index (χ1n) is 6.87. The van der Waals surface area contributed by atoms with Gasteiger partial charge in [0.25, 0.3) is 0 Å². The standard InChI is InChI=1S/C14H25N3O/c1-14(2)6-4-5-12(9-14)16-13-10-15-17(11-13)7-8-18-3/h10-12,16H,4-9H2,1-3H3. The zero-order valence-corrected chi connectivity index (χ0v) is 11.8. The van der Waals surface area contributed by atoms with Crippen molar-refractivity contribution in [2.45, 2.75) is 52.1 Å². The van der Waals surface area contributed by atoms with Crippen LogP contribution in [-0.2, 0) is 11.3 Å². The molecule has 0 spiro atoms. The molecule has 4 heteroatoms. The average molecular weight is 251 g/mol. The first-order chi connectivity index (χ1) is 8.59. The summed E-state index contributed by atoms with van der Waals surface area (Å²) in [6, 6.07) is 0.592. The fourth-order valence-electron chi connectivity index (χ4n) is 2.80. The van der Waals surface area contributed by atoms with Crippen molar-refractivity contribution in [1.29, 1.82) is 0 Å². The normalized spacial score (nSPS) is 22.9. The number of rotatable bonds is 5. The molecule has 102 valence electrons. The Morgan fingerprint density at radius 1 is 1.56 bits per heavy atom. The maximum atomic E-state index is 5.05. The Morgan fingerprint density at radius 3 is 3.11 bits per heavy atom. The summed E-state index contributed by atoms with van der Waals surface area (Å²) in [5.41, 5.74) is 1.61. The van der Waals surface area contributed by atoms with Crippen LogP contribution in [0, 0.1) is 5.41 Å². The highest BCUT2D eigenvalue weighted by molar-refractivity contribution is 5.39. The van der Waals surface area contributed by atoms with Crippen LogP contribution >= 0.6 is 0 Å². The number of nitrogens with one attached hydrogen (secondary N) is 1. The molecule has 0 aliphatic heterocycles. The molecular weight excluding hydrogens is 226 g/mol. The Hall–Kier alpha value is -1.03. The first kappa shape index (κ1) is 13.4. The number of hydrogen-bond acceptors (Lipinski definition) is 3. The van der Waals surface area contributed by atoms with E-state index in [1.54, 1.807) is 7.11 Å². The van der Waals surface area contributed by atoms with Crippen LogP contribution in [0.25, 0.3) is 0 Å². The van der Waals surface area contributed by atoms with Crippen LogP contribution in [0.4, 0.5) is 5.69 Å². The van der Waals surface area contributed by atoms with E-state index in [0.29, 0.717) is 18.1 Å². The van der Waals surface area contributed by atoms with Crippen molar-refractivity contribution < 1.29 is 4.74 Å². The summed E-state index contributed by atoms with van der Waals surface area (Å²) in [6.07, 6.45) is 9.17. The van der Waals surface area contributed by atoms with E-state index in [4.69, 9.17) is 4.74 Å². The fourth-order valence-corrected chi connectivity index (χ4v) is 2.80. The lowest BCUT2D eigenvalue weighted by atomic mass is 9.75. The summed E-state index contributed by atoms with van der Waals surface area (Å²) in [5, 5.41) is 7.94. The van der Waals surface area contributed by atoms with Crippen molar-refractivity contribution in [2.75, 3.05) is 19.0 Å². The zero-order valence-electron chi connectivity index (χ0n) is 11.8. The van der Waals surface area contributed by atoms with Gasteiger partial charge in [0.15, 0.2) is 0 Å². The van der Waals surface area contributed by atoms with E-state index in [1.807, 2.05) is 10.9 Å². The molecule has 0 saturated heterocycles. The van der Waals surface area contributed by atoms with E-state index in [0.717, 1.165) is 12.2 Å². The van der Waals surface area contributed by atoms with Crippen LogP contribution in [0.2, 0.25) is 0 Å². The lowest BCUT2D eigenvalue weighted by Gasteiger charge is -2.35. The molecule has 2 rings (SSSR count). The summed E-state index contributed by atoms with van der Waals surface area (Å²) in [6.45, 7) is 6.25. The van der Waals surface area contributed by atoms with Crippen molar-refractivity contribution in [3.8, 4) is 0 Å². The molecule has 1 aromatic rings. The first-order valence-corrected chi connectivity index (χ1v) is 6.87. The highest BCUT2D eigenvalue weighted by Crippen LogP contribution is 2.36. The van der Waals surface area contributed by atoms with Crippen LogP contribution in [0.3, 0.4) is 0 Å². The van der Waals surface area contributed by atoms with Crippen molar-refractivity contribution in [1.82, 2.24) is 9.78 Å². The molecule has 18 heavy (non-hydrogen) atoms. The van der Waals surface area contributed by atoms with Crippen molar-refractivity contribution in [2.24, 2.45) is 5.41 Å². The number of anilines is 1. The van der Waals surface area contributed by atoms with E-state index in [1.165, 1.54) is 25.7 Å². The van der Waals surface area contributed by atoms with E-state index in [-0.39, 0.29) is 0 Å². The number of nitrogens with zero attached hydrogens (tertiary/aromatic N) is 2. The van der Waals surface area contributed by atoms with Gasteiger partial charge in [-0.3, -0.25) is 4.68 Å². The number of hydrogen-bond donors (Lipinski definition) is 1. The van der Waals surface area contributed by atoms with Gasteiger partial charge in [0.1, 0.15) is 0 Å². The molecule has 0 bridgehead atoms. The molecule has 1 atom stereocenters. The van der Waals surface area contributed by atoms with Gasteiger partial charge in [-0.15, -0.1) is 0 Å². The van der Waals surface area contributed by atoms with Gasteiger partial charge in [-0.1, -0.05) is 20.3 Å². The maximum Gasteiger partial charge on any atom is 0.0728 e. The van der Waals surface area contributed by atoms with Crippen LogP contribution in [0.15, 0.2) is 12.4 Å². The molecule has 0 aromatic carbocycles. The van der Waals surface area contributed by atoms with Gasteiger partial charge in [-0.25, -0.2) is 0 Å². The highest BCUT2D eigenvalue weighted by Gasteiger charge is 2.27. The molecule has 1 fully saturated rings. The third-order valence-electron chi connectivity index (χ3n) is 3.73. The van der Waals surface area contributed by atoms with Crippen molar-refractivity contribution in [3.63, 3.8) is 0 Å². The predicted octanol–water partition coefficient (Wildman–Crippen LogP) is 2.91. The molecular formula is C14H25N3O. The SMILES string of the molecule is COCCn1cc(NC2CCCC(C)(C)C2)cn1. The molecule has 1 unspecified atom stereocenters. The van der Waals surface area contributed by atoms with Crippen LogP contribution in [0.5, 0.6) is 0 Å². The van der Waals surface area contributed by atoms with Crippen LogP contribution in [0.1, 0.15) is 39.5 Å². The summed E-state index contributed by atoms with van der Waals surface area (Å²) in [5.74, 6) is 0. The van der Waals surface area contributed by atoms with E-state index >= 15 is 0 Å². The van der Waals surface area contributed by atoms with Gasteiger partial charge in [-0.2, -0.15) is 5.10 Å². The van der Waals surface area contributed by atoms with Gasteiger partial charge in [-0.05, 0) is 24.7 Å². The summed E-state index contributed by atoms with van der Waals surface area (Å²) >= 11 is 0. The van der Waals surface area contributed by atoms with Gasteiger partial charge in [0.05, 0.1) is 25.0 Å². The second kappa shape index (κ2) is 5.74. The lowest BCUT2D eigenvalue weighted by molar-refractivity contribution is 0.183. The minimum absolute atomic E-state index is 0.474. The highest BCUT2D eigenvalue weighted by atomic mass is 16.5. The number of methoxy groups -OCH3 is 1. The minimum Gasteiger partial charge on any atom is -0.383 e. The molecule has 1 heterocycles. The average Bonchev–Trinajstić information content (AvgIpc) is 2.73. The second-order valence-electron chi connectivity index (χ2n) is 6.09. The topological polar surface area (TPSA) is 39.1 Å². The molecule has 1 aliphatic rings. The number of aromatic nitrogens is 2. The molecule has 4 nitrogen and oxygen atoms in total. The number of ether oxygens (including phenoxy) is 1. The molecule has 0 radical (unpaired) electrons. The molecule has 0 amide bonds. The second-order valence-corrected chi connectivity index (χ2v) is 6.09. The lowest BCUT2D eigenvalue weighted by Crippen LogP contribution is -2.31. The van der Waals surface area contributed by atoms with Gasteiger partial charge < -0.3 is 10.1 Å². The Balaban J connectivity index is 1.87. The van der Waals surface area contributed by atoms with Crippen molar-refractivity contribution >= 4 is 5.69 Å². The van der Waals surface area contributed by atoms with E-state index in [2.05, 4.69) is 30.5 Å². The third-order valence-corrected chi connectivity index (χ3v) is 3.73. The molecule has 1 saturated carbocycles. The van der Waals surface area contributed by atoms with E-state index in [9.17, 15) is 0 Å². The molecule has 1 aliphatic carbocycles. The van der Waals surface area contributed by atoms with Crippen molar-refractivity contribution in [3.05, 3.63) is 12.4 Å². The van der Waals surface area contributed by atoms with E-state index < -0.39 is 0 Å². The summed E-state index contributed by atoms with van der Waals surface area (Å²) < 4.78 is 6.98. The Labute approximate surface area is 110 Å². The smallest absolute Gasteiger partial charge is 0.0728 e. The molecule has 1 N–H and O–H groups in total. The monoisotopic (exact) mass is 251 g/mol. The fraction of sp³-hybridized carbons (Fsp3) is 0.786. The predicted molar refractivity (Wildman–Crippen MR) is 73.8 cm³/mol. The van der Waals surface area contributed by atoms with Gasteiger partial charge >= 0.3 is 0 Å². The maximum absolute atomic E-state index is 5.05. The minimum atomic E-state index is 0.474. The summed E-state index contributed by atoms with van der Waals surface area (Å²) in [4.78, 5) is 0.